The first-order valence-electron chi connectivity index (χ1n) is 5.85. The van der Waals surface area contributed by atoms with E-state index in [0.717, 1.165) is 17.4 Å². The Kier molecular flexibility index (Phi) is 3.93. The van der Waals surface area contributed by atoms with Crippen LogP contribution in [-0.2, 0) is 10.0 Å². The average Bonchev–Trinajstić information content (AvgIpc) is 2.86. The summed E-state index contributed by atoms with van der Waals surface area (Å²) >= 11 is 0.837. The Bertz CT molecular complexity index is 808. The maximum atomic E-state index is 12.2. The van der Waals surface area contributed by atoms with Crippen molar-refractivity contribution in [2.24, 2.45) is 0 Å². The SMILES string of the molecule is Cc1cc(NS(=O)(=O)c2cc(C(=O)O)cs2)c(C)cc1O. The lowest BCUT2D eigenvalue weighted by Gasteiger charge is -2.11. The Morgan fingerprint density at radius 1 is 1.19 bits per heavy atom. The zero-order valence-electron chi connectivity index (χ0n) is 11.2. The summed E-state index contributed by atoms with van der Waals surface area (Å²) in [7, 11) is -3.85. The number of hydrogen-bond acceptors (Lipinski definition) is 5. The number of carboxylic acids is 1. The number of aryl methyl sites for hydroxylation is 2. The van der Waals surface area contributed by atoms with Crippen LogP contribution in [0, 0.1) is 13.8 Å². The summed E-state index contributed by atoms with van der Waals surface area (Å²) in [6.07, 6.45) is 0. The molecule has 0 fully saturated rings. The highest BCUT2D eigenvalue weighted by Gasteiger charge is 2.20. The molecule has 112 valence electrons. The molecular formula is C13H13NO5S2. The van der Waals surface area contributed by atoms with Gasteiger partial charge in [0.2, 0.25) is 0 Å². The quantitative estimate of drug-likeness (QED) is 0.749. The average molecular weight is 327 g/mol. The summed E-state index contributed by atoms with van der Waals surface area (Å²) in [5.41, 5.74) is 1.38. The zero-order chi connectivity index (χ0) is 15.8. The van der Waals surface area contributed by atoms with Crippen LogP contribution in [0.25, 0.3) is 0 Å². The Morgan fingerprint density at radius 2 is 1.86 bits per heavy atom. The van der Waals surface area contributed by atoms with Gasteiger partial charge in [0.1, 0.15) is 9.96 Å². The molecule has 0 saturated carbocycles. The highest BCUT2D eigenvalue weighted by Crippen LogP contribution is 2.28. The topological polar surface area (TPSA) is 104 Å². The molecule has 21 heavy (non-hydrogen) atoms. The van der Waals surface area contributed by atoms with Gasteiger partial charge in [-0.1, -0.05) is 0 Å². The summed E-state index contributed by atoms with van der Waals surface area (Å²) in [6.45, 7) is 3.31. The second kappa shape index (κ2) is 5.38. The molecule has 1 aromatic heterocycles. The molecule has 0 atom stereocenters. The number of rotatable bonds is 4. The largest absolute Gasteiger partial charge is 0.508 e. The van der Waals surface area contributed by atoms with Crippen molar-refractivity contribution in [1.29, 1.82) is 0 Å². The van der Waals surface area contributed by atoms with Gasteiger partial charge >= 0.3 is 5.97 Å². The molecule has 0 aliphatic rings. The number of carboxylic acid groups (broad SMARTS) is 1. The minimum atomic E-state index is -3.85. The third kappa shape index (κ3) is 3.17. The van der Waals surface area contributed by atoms with Gasteiger partial charge in [-0.3, -0.25) is 4.72 Å². The molecule has 3 N–H and O–H groups in total. The van der Waals surface area contributed by atoms with Crippen molar-refractivity contribution in [2.45, 2.75) is 18.1 Å². The van der Waals surface area contributed by atoms with E-state index in [4.69, 9.17) is 5.11 Å². The molecule has 8 heteroatoms. The van der Waals surface area contributed by atoms with Crippen molar-refractivity contribution in [3.8, 4) is 5.75 Å². The van der Waals surface area contributed by atoms with Crippen LogP contribution >= 0.6 is 11.3 Å². The van der Waals surface area contributed by atoms with Crippen LogP contribution in [0.1, 0.15) is 21.5 Å². The number of thiophene rings is 1. The molecule has 0 aliphatic carbocycles. The highest BCUT2D eigenvalue weighted by molar-refractivity contribution is 7.94. The van der Waals surface area contributed by atoms with Gasteiger partial charge < -0.3 is 10.2 Å². The van der Waals surface area contributed by atoms with E-state index in [2.05, 4.69) is 4.72 Å². The van der Waals surface area contributed by atoms with E-state index in [1.165, 1.54) is 17.5 Å². The monoisotopic (exact) mass is 327 g/mol. The first kappa shape index (κ1) is 15.3. The first-order valence-corrected chi connectivity index (χ1v) is 8.22. The van der Waals surface area contributed by atoms with Gasteiger partial charge in [-0.2, -0.15) is 0 Å². The van der Waals surface area contributed by atoms with E-state index < -0.39 is 16.0 Å². The fourth-order valence-electron chi connectivity index (χ4n) is 1.68. The zero-order valence-corrected chi connectivity index (χ0v) is 12.9. The van der Waals surface area contributed by atoms with E-state index in [1.54, 1.807) is 13.8 Å². The lowest BCUT2D eigenvalue weighted by Crippen LogP contribution is -2.12. The van der Waals surface area contributed by atoms with Gasteiger partial charge in [-0.15, -0.1) is 11.3 Å². The summed E-state index contributed by atoms with van der Waals surface area (Å²) in [6, 6.07) is 4.09. The van der Waals surface area contributed by atoms with Crippen LogP contribution in [0.5, 0.6) is 5.75 Å². The third-order valence-corrected chi connectivity index (χ3v) is 5.68. The molecule has 0 aliphatic heterocycles. The fourth-order valence-corrected chi connectivity index (χ4v) is 3.95. The van der Waals surface area contributed by atoms with Crippen molar-refractivity contribution >= 4 is 33.0 Å². The second-order valence-corrected chi connectivity index (χ2v) is 7.34. The minimum Gasteiger partial charge on any atom is -0.508 e. The van der Waals surface area contributed by atoms with Crippen molar-refractivity contribution < 1.29 is 23.4 Å². The molecule has 0 amide bonds. The number of carbonyl (C=O) groups is 1. The van der Waals surface area contributed by atoms with E-state index >= 15 is 0 Å². The van der Waals surface area contributed by atoms with Crippen LogP contribution in [0.4, 0.5) is 5.69 Å². The molecule has 0 saturated heterocycles. The summed E-state index contributed by atoms with van der Waals surface area (Å²) in [4.78, 5) is 10.8. The molecule has 1 heterocycles. The molecule has 2 aromatic rings. The Labute approximate surface area is 125 Å². The highest BCUT2D eigenvalue weighted by atomic mass is 32.2. The van der Waals surface area contributed by atoms with Crippen LogP contribution in [0.2, 0.25) is 0 Å². The number of anilines is 1. The number of phenolic OH excluding ortho intramolecular Hbond substituents is 1. The molecule has 0 spiro atoms. The van der Waals surface area contributed by atoms with E-state index in [9.17, 15) is 18.3 Å². The van der Waals surface area contributed by atoms with E-state index in [-0.39, 0.29) is 15.5 Å². The summed E-state index contributed by atoms with van der Waals surface area (Å²) in [5, 5.41) is 19.7. The van der Waals surface area contributed by atoms with Crippen LogP contribution < -0.4 is 4.72 Å². The standard InChI is InChI=1S/C13H13NO5S2/c1-7-4-11(15)8(2)3-10(7)14-21(18,19)12-5-9(6-20-12)13(16)17/h3-6,14-15H,1-2H3,(H,16,17). The lowest BCUT2D eigenvalue weighted by molar-refractivity contribution is 0.0697. The van der Waals surface area contributed by atoms with Crippen molar-refractivity contribution in [3.05, 3.63) is 40.3 Å². The smallest absolute Gasteiger partial charge is 0.336 e. The van der Waals surface area contributed by atoms with Gasteiger partial charge in [-0.05, 0) is 43.2 Å². The van der Waals surface area contributed by atoms with Gasteiger partial charge in [-0.25, -0.2) is 13.2 Å². The third-order valence-electron chi connectivity index (χ3n) is 2.87. The Morgan fingerprint density at radius 3 is 2.43 bits per heavy atom. The second-order valence-electron chi connectivity index (χ2n) is 4.52. The van der Waals surface area contributed by atoms with E-state index in [0.29, 0.717) is 16.8 Å². The molecule has 0 unspecified atom stereocenters. The van der Waals surface area contributed by atoms with Crippen LogP contribution in [0.15, 0.2) is 27.8 Å². The van der Waals surface area contributed by atoms with Gasteiger partial charge in [0.15, 0.2) is 0 Å². The normalized spacial score (nSPS) is 11.3. The number of aromatic hydroxyl groups is 1. The van der Waals surface area contributed by atoms with Crippen molar-refractivity contribution in [3.63, 3.8) is 0 Å². The predicted molar refractivity (Wildman–Crippen MR) is 79.7 cm³/mol. The molecule has 0 bridgehead atoms. The maximum Gasteiger partial charge on any atom is 0.336 e. The fraction of sp³-hybridized carbons (Fsp3) is 0.154. The molecular weight excluding hydrogens is 314 g/mol. The van der Waals surface area contributed by atoms with Gasteiger partial charge in [0, 0.05) is 5.38 Å². The van der Waals surface area contributed by atoms with Crippen LogP contribution in [-0.4, -0.2) is 24.6 Å². The number of hydrogen-bond donors (Lipinski definition) is 3. The van der Waals surface area contributed by atoms with Crippen molar-refractivity contribution in [1.82, 2.24) is 0 Å². The number of benzene rings is 1. The minimum absolute atomic E-state index is 0.0704. The molecule has 6 nitrogen and oxygen atoms in total. The molecule has 1 aromatic carbocycles. The van der Waals surface area contributed by atoms with E-state index in [1.807, 2.05) is 0 Å². The van der Waals surface area contributed by atoms with Crippen molar-refractivity contribution in [2.75, 3.05) is 4.72 Å². The summed E-state index contributed by atoms with van der Waals surface area (Å²) < 4.78 is 26.8. The maximum absolute atomic E-state index is 12.2. The molecule has 0 radical (unpaired) electrons. The number of phenols is 1. The molecule has 2 rings (SSSR count). The number of sulfonamides is 1. The number of nitrogens with one attached hydrogen (secondary N) is 1. The Balaban J connectivity index is 2.37. The lowest BCUT2D eigenvalue weighted by atomic mass is 10.1. The van der Waals surface area contributed by atoms with Crippen LogP contribution in [0.3, 0.4) is 0 Å². The van der Waals surface area contributed by atoms with Gasteiger partial charge in [0.25, 0.3) is 10.0 Å². The number of aromatic carboxylic acids is 1. The Hall–Kier alpha value is -2.06. The van der Waals surface area contributed by atoms with Gasteiger partial charge in [0.05, 0.1) is 11.3 Å². The summed E-state index contributed by atoms with van der Waals surface area (Å²) in [5.74, 6) is -1.09. The predicted octanol–water partition coefficient (Wildman–Crippen LogP) is 2.57. The first-order chi connectivity index (χ1) is 9.70.